The number of aliphatic carboxylic acids is 1. The zero-order valence-electron chi connectivity index (χ0n) is 22.3. The molecule has 2 saturated carbocycles. The molecule has 3 unspecified atom stereocenters. The van der Waals surface area contributed by atoms with Gasteiger partial charge in [-0.2, -0.15) is 5.10 Å². The maximum absolute atomic E-state index is 13.6. The molecule has 0 radical (unpaired) electrons. The molecule has 10 nitrogen and oxygen atoms in total. The third kappa shape index (κ3) is 4.54. The first-order valence-corrected chi connectivity index (χ1v) is 14.0. The van der Waals surface area contributed by atoms with Gasteiger partial charge in [-0.3, -0.25) is 9.48 Å². The standard InChI is InChI=1S/C28H32ClFN6O4/c1-34-14-31-24(25(34)26(37)32-18-5-6-20(30)19(29)10-18)15-8-16-12-28(40,13-17(16)9-15)22-11-23(33-35(22)2)36-7-3-4-21(36)27(38)39/h5-6,10-11,14-17,21,40H,3-4,7-9,12-13H2,1-2H3,(H,32,37)(H,38,39). The molecule has 1 aromatic carbocycles. The van der Waals surface area contributed by atoms with Gasteiger partial charge in [0.15, 0.2) is 5.82 Å². The quantitative estimate of drug-likeness (QED) is 0.408. The minimum atomic E-state index is -1.05. The van der Waals surface area contributed by atoms with E-state index in [1.54, 1.807) is 29.7 Å². The Hall–Kier alpha value is -3.44. The second-order valence-corrected chi connectivity index (χ2v) is 11.9. The summed E-state index contributed by atoms with van der Waals surface area (Å²) < 4.78 is 16.9. The van der Waals surface area contributed by atoms with E-state index in [0.29, 0.717) is 48.7 Å². The summed E-state index contributed by atoms with van der Waals surface area (Å²) in [6, 6.07) is 5.31. The van der Waals surface area contributed by atoms with E-state index in [-0.39, 0.29) is 28.7 Å². The monoisotopic (exact) mass is 570 g/mol. The van der Waals surface area contributed by atoms with Gasteiger partial charge in [0.2, 0.25) is 0 Å². The average Bonchev–Trinajstić information content (AvgIpc) is 3.69. The topological polar surface area (TPSA) is 126 Å². The number of amides is 1. The van der Waals surface area contributed by atoms with E-state index in [4.69, 9.17) is 11.6 Å². The smallest absolute Gasteiger partial charge is 0.326 e. The maximum Gasteiger partial charge on any atom is 0.326 e. The number of hydrogen-bond donors (Lipinski definition) is 3. The van der Waals surface area contributed by atoms with Gasteiger partial charge < -0.3 is 25.0 Å². The molecule has 12 heteroatoms. The predicted octanol–water partition coefficient (Wildman–Crippen LogP) is 4.04. The van der Waals surface area contributed by atoms with Crippen molar-refractivity contribution < 1.29 is 24.2 Å². The number of carboxylic acids is 1. The van der Waals surface area contributed by atoms with Crippen molar-refractivity contribution in [3.63, 3.8) is 0 Å². The molecular formula is C28H32ClFN6O4. The molecule has 3 fully saturated rings. The fourth-order valence-electron chi connectivity index (χ4n) is 7.21. The zero-order chi connectivity index (χ0) is 28.3. The molecule has 3 N–H and O–H groups in total. The largest absolute Gasteiger partial charge is 0.480 e. The first kappa shape index (κ1) is 26.8. The molecular weight excluding hydrogens is 539 g/mol. The van der Waals surface area contributed by atoms with E-state index in [1.165, 1.54) is 18.2 Å². The highest BCUT2D eigenvalue weighted by atomic mass is 35.5. The van der Waals surface area contributed by atoms with Crippen molar-refractivity contribution in [2.24, 2.45) is 25.9 Å². The van der Waals surface area contributed by atoms with Gasteiger partial charge in [-0.05, 0) is 68.6 Å². The maximum atomic E-state index is 13.6. The van der Waals surface area contributed by atoms with Crippen LogP contribution in [-0.4, -0.2) is 54.0 Å². The molecule has 212 valence electrons. The molecule has 1 amide bonds. The Labute approximate surface area is 235 Å². The van der Waals surface area contributed by atoms with E-state index in [2.05, 4.69) is 15.4 Å². The van der Waals surface area contributed by atoms with Crippen LogP contribution in [0, 0.1) is 17.7 Å². The number of hydrogen-bond acceptors (Lipinski definition) is 6. The Kier molecular flexibility index (Phi) is 6.61. The summed E-state index contributed by atoms with van der Waals surface area (Å²) in [6.07, 6.45) is 5.74. The second kappa shape index (κ2) is 9.88. The van der Waals surface area contributed by atoms with Crippen LogP contribution in [0.4, 0.5) is 15.9 Å². The lowest BCUT2D eigenvalue weighted by Gasteiger charge is -2.25. The summed E-state index contributed by atoms with van der Waals surface area (Å²) in [5.41, 5.74) is 1.24. The fourth-order valence-corrected chi connectivity index (χ4v) is 7.39. The lowest BCUT2D eigenvalue weighted by Crippen LogP contribution is -2.36. The normalized spacial score (nSPS) is 27.8. The highest BCUT2D eigenvalue weighted by Gasteiger charge is 2.52. The van der Waals surface area contributed by atoms with Crippen LogP contribution < -0.4 is 10.2 Å². The first-order valence-electron chi connectivity index (χ1n) is 13.6. The van der Waals surface area contributed by atoms with Crippen molar-refractivity contribution in [2.45, 2.75) is 56.1 Å². The van der Waals surface area contributed by atoms with E-state index in [1.807, 2.05) is 11.0 Å². The van der Waals surface area contributed by atoms with Crippen molar-refractivity contribution >= 4 is 35.0 Å². The van der Waals surface area contributed by atoms with Crippen LogP contribution in [0.2, 0.25) is 5.02 Å². The number of anilines is 2. The molecule has 1 aliphatic heterocycles. The molecule has 0 bridgehead atoms. The van der Waals surface area contributed by atoms with Gasteiger partial charge in [-0.25, -0.2) is 14.2 Å². The van der Waals surface area contributed by atoms with Crippen LogP contribution in [0.5, 0.6) is 0 Å². The van der Waals surface area contributed by atoms with Gasteiger partial charge in [-0.15, -0.1) is 0 Å². The zero-order valence-corrected chi connectivity index (χ0v) is 23.1. The molecule has 40 heavy (non-hydrogen) atoms. The Morgan fingerprint density at radius 1 is 1.18 bits per heavy atom. The Bertz CT molecular complexity index is 1470. The van der Waals surface area contributed by atoms with Crippen molar-refractivity contribution in [2.75, 3.05) is 16.8 Å². The highest BCUT2D eigenvalue weighted by Crippen LogP contribution is 2.57. The predicted molar refractivity (Wildman–Crippen MR) is 146 cm³/mol. The highest BCUT2D eigenvalue weighted by molar-refractivity contribution is 6.31. The number of rotatable bonds is 6. The summed E-state index contributed by atoms with van der Waals surface area (Å²) >= 11 is 5.88. The molecule has 3 aliphatic rings. The number of nitrogens with one attached hydrogen (secondary N) is 1. The third-order valence-corrected chi connectivity index (χ3v) is 9.25. The van der Waals surface area contributed by atoms with Crippen molar-refractivity contribution in [1.82, 2.24) is 19.3 Å². The van der Waals surface area contributed by atoms with Crippen molar-refractivity contribution in [3.05, 3.63) is 58.5 Å². The third-order valence-electron chi connectivity index (χ3n) is 8.96. The SMILES string of the molecule is Cn1cnc(C2CC3CC(O)(c4cc(N5CCCC5C(=O)O)nn4C)CC3C2)c1C(=O)Nc1ccc(F)c(Cl)c1. The van der Waals surface area contributed by atoms with Gasteiger partial charge in [0.05, 0.1) is 22.7 Å². The Balaban J connectivity index is 1.17. The van der Waals surface area contributed by atoms with Gasteiger partial charge in [0, 0.05) is 38.3 Å². The number of halogens is 2. The number of benzene rings is 1. The summed E-state index contributed by atoms with van der Waals surface area (Å²) in [5.74, 6) is -0.578. The average molecular weight is 571 g/mol. The lowest BCUT2D eigenvalue weighted by molar-refractivity contribution is -0.138. The lowest BCUT2D eigenvalue weighted by atomic mass is 9.90. The van der Waals surface area contributed by atoms with E-state index < -0.39 is 23.4 Å². The number of aliphatic hydroxyl groups is 1. The van der Waals surface area contributed by atoms with E-state index in [9.17, 15) is 24.2 Å². The molecule has 1 saturated heterocycles. The van der Waals surface area contributed by atoms with Crippen LogP contribution in [0.15, 0.2) is 30.6 Å². The Morgan fingerprint density at radius 2 is 1.90 bits per heavy atom. The summed E-state index contributed by atoms with van der Waals surface area (Å²) in [4.78, 5) is 31.3. The molecule has 3 atom stereocenters. The summed E-state index contributed by atoms with van der Waals surface area (Å²) in [6.45, 7) is 0.632. The molecule has 2 aromatic heterocycles. The Morgan fingerprint density at radius 3 is 2.58 bits per heavy atom. The molecule has 3 aromatic rings. The van der Waals surface area contributed by atoms with Gasteiger partial charge >= 0.3 is 5.97 Å². The number of carbonyl (C=O) groups is 2. The molecule has 6 rings (SSSR count). The van der Waals surface area contributed by atoms with Gasteiger partial charge in [0.25, 0.3) is 5.91 Å². The number of carboxylic acid groups (broad SMARTS) is 1. The van der Waals surface area contributed by atoms with Gasteiger partial charge in [0.1, 0.15) is 23.2 Å². The van der Waals surface area contributed by atoms with E-state index >= 15 is 0 Å². The van der Waals surface area contributed by atoms with Gasteiger partial charge in [-0.1, -0.05) is 11.6 Å². The second-order valence-electron chi connectivity index (χ2n) is 11.5. The molecule has 0 spiro atoms. The van der Waals surface area contributed by atoms with Crippen LogP contribution in [0.1, 0.15) is 66.3 Å². The number of fused-ring (bicyclic) bond motifs is 1. The van der Waals surface area contributed by atoms with Crippen LogP contribution >= 0.6 is 11.6 Å². The molecule has 2 aliphatic carbocycles. The summed E-state index contributed by atoms with van der Waals surface area (Å²) in [7, 11) is 3.57. The minimum absolute atomic E-state index is 0.0678. The van der Waals surface area contributed by atoms with Crippen LogP contribution in [-0.2, 0) is 24.5 Å². The van der Waals surface area contributed by atoms with Crippen LogP contribution in [0.25, 0.3) is 0 Å². The summed E-state index contributed by atoms with van der Waals surface area (Å²) in [5, 5.41) is 28.7. The number of carbonyl (C=O) groups excluding carboxylic acids is 1. The van der Waals surface area contributed by atoms with Crippen molar-refractivity contribution in [1.29, 1.82) is 0 Å². The minimum Gasteiger partial charge on any atom is -0.480 e. The van der Waals surface area contributed by atoms with Crippen LogP contribution in [0.3, 0.4) is 0 Å². The fraction of sp³-hybridized carbons (Fsp3) is 0.500. The number of aryl methyl sites for hydroxylation is 2. The first-order chi connectivity index (χ1) is 19.0. The molecule has 3 heterocycles. The number of aromatic nitrogens is 4. The number of nitrogens with zero attached hydrogens (tertiary/aromatic N) is 5. The van der Waals surface area contributed by atoms with Crippen molar-refractivity contribution in [3.8, 4) is 0 Å². The van der Waals surface area contributed by atoms with E-state index in [0.717, 1.165) is 25.0 Å². The number of imidazole rings is 1.